The molecule has 2 heterocycles. The summed E-state index contributed by atoms with van der Waals surface area (Å²) < 4.78 is 0. The number of rotatable bonds is 2. The molecule has 1 aromatic heterocycles. The van der Waals surface area contributed by atoms with Gasteiger partial charge in [0.05, 0.1) is 5.69 Å². The lowest BCUT2D eigenvalue weighted by Gasteiger charge is -2.22. The molecule has 0 amide bonds. The van der Waals surface area contributed by atoms with Gasteiger partial charge in [-0.25, -0.2) is 9.97 Å². The topological polar surface area (TPSA) is 37.8 Å². The van der Waals surface area contributed by atoms with Gasteiger partial charge in [0.25, 0.3) is 0 Å². The Bertz CT molecular complexity index is 417. The van der Waals surface area contributed by atoms with E-state index in [-0.39, 0.29) is 0 Å². The van der Waals surface area contributed by atoms with Crippen molar-refractivity contribution in [2.45, 2.75) is 70.8 Å². The van der Waals surface area contributed by atoms with Crippen LogP contribution in [0.15, 0.2) is 0 Å². The lowest BCUT2D eigenvalue weighted by Crippen LogP contribution is -2.27. The van der Waals surface area contributed by atoms with Crippen molar-refractivity contribution in [3.8, 4) is 0 Å². The van der Waals surface area contributed by atoms with E-state index >= 15 is 0 Å². The third kappa shape index (κ3) is 2.81. The van der Waals surface area contributed by atoms with E-state index in [1.165, 1.54) is 55.5 Å². The molecule has 1 aliphatic carbocycles. The predicted molar refractivity (Wildman–Crippen MR) is 77.3 cm³/mol. The maximum atomic E-state index is 4.93. The fraction of sp³-hybridized carbons (Fsp3) is 0.750. The fourth-order valence-electron chi connectivity index (χ4n) is 3.47. The van der Waals surface area contributed by atoms with Crippen LogP contribution in [-0.4, -0.2) is 16.5 Å². The normalized spacial score (nSPS) is 20.9. The van der Waals surface area contributed by atoms with Gasteiger partial charge in [0.15, 0.2) is 0 Å². The Morgan fingerprint density at radius 2 is 1.89 bits per heavy atom. The van der Waals surface area contributed by atoms with Gasteiger partial charge in [-0.15, -0.1) is 0 Å². The summed E-state index contributed by atoms with van der Waals surface area (Å²) in [6.07, 6.45) is 10.2. The summed E-state index contributed by atoms with van der Waals surface area (Å²) in [5.74, 6) is 1.75. The summed E-state index contributed by atoms with van der Waals surface area (Å²) in [5.41, 5.74) is 4.02. The standard InChI is InChI=1S/C16H25N3/c1-2-14-13-9-10-17-11-15(13)19-16(18-14)12-7-5-3-4-6-8-12/h12,17H,2-11H2,1H3. The summed E-state index contributed by atoms with van der Waals surface area (Å²) >= 11 is 0. The molecule has 3 nitrogen and oxygen atoms in total. The second-order valence-electron chi connectivity index (χ2n) is 5.92. The Kier molecular flexibility index (Phi) is 4.12. The Balaban J connectivity index is 1.92. The van der Waals surface area contributed by atoms with Gasteiger partial charge >= 0.3 is 0 Å². The van der Waals surface area contributed by atoms with Crippen LogP contribution in [0.5, 0.6) is 0 Å². The van der Waals surface area contributed by atoms with Gasteiger partial charge in [0, 0.05) is 18.2 Å². The molecular weight excluding hydrogens is 234 g/mol. The van der Waals surface area contributed by atoms with Crippen molar-refractivity contribution in [1.82, 2.24) is 15.3 Å². The maximum Gasteiger partial charge on any atom is 0.132 e. The Hall–Kier alpha value is -0.960. The summed E-state index contributed by atoms with van der Waals surface area (Å²) in [4.78, 5) is 9.84. The Morgan fingerprint density at radius 1 is 1.11 bits per heavy atom. The first-order valence-corrected chi connectivity index (χ1v) is 7.97. The molecular formula is C16H25N3. The summed E-state index contributed by atoms with van der Waals surface area (Å²) in [7, 11) is 0. The van der Waals surface area contributed by atoms with Crippen molar-refractivity contribution in [3.05, 3.63) is 22.8 Å². The van der Waals surface area contributed by atoms with Gasteiger partial charge in [-0.1, -0.05) is 32.6 Å². The summed E-state index contributed by atoms with van der Waals surface area (Å²) in [6, 6.07) is 0. The van der Waals surface area contributed by atoms with E-state index < -0.39 is 0 Å². The fourth-order valence-corrected chi connectivity index (χ4v) is 3.47. The number of aromatic nitrogens is 2. The first-order valence-electron chi connectivity index (χ1n) is 7.97. The quantitative estimate of drug-likeness (QED) is 0.829. The van der Waals surface area contributed by atoms with Gasteiger partial charge in [0.2, 0.25) is 0 Å². The molecule has 0 unspecified atom stereocenters. The van der Waals surface area contributed by atoms with E-state index in [0.717, 1.165) is 31.8 Å². The molecule has 3 heteroatoms. The minimum absolute atomic E-state index is 0.611. The first kappa shape index (κ1) is 13.0. The van der Waals surface area contributed by atoms with Crippen molar-refractivity contribution in [2.24, 2.45) is 0 Å². The van der Waals surface area contributed by atoms with Crippen molar-refractivity contribution in [2.75, 3.05) is 6.54 Å². The largest absolute Gasteiger partial charge is 0.311 e. The summed E-state index contributed by atoms with van der Waals surface area (Å²) in [5, 5.41) is 3.44. The molecule has 104 valence electrons. The first-order chi connectivity index (χ1) is 9.38. The highest BCUT2D eigenvalue weighted by molar-refractivity contribution is 5.29. The highest BCUT2D eigenvalue weighted by atomic mass is 15.0. The van der Waals surface area contributed by atoms with E-state index in [1.807, 2.05) is 0 Å². The number of nitrogens with one attached hydrogen (secondary N) is 1. The zero-order valence-electron chi connectivity index (χ0n) is 12.0. The van der Waals surface area contributed by atoms with Gasteiger partial charge < -0.3 is 5.32 Å². The van der Waals surface area contributed by atoms with Gasteiger partial charge in [-0.3, -0.25) is 0 Å². The van der Waals surface area contributed by atoms with Crippen LogP contribution in [0.25, 0.3) is 0 Å². The van der Waals surface area contributed by atoms with E-state index in [9.17, 15) is 0 Å². The minimum Gasteiger partial charge on any atom is -0.311 e. The number of hydrogen-bond acceptors (Lipinski definition) is 3. The maximum absolute atomic E-state index is 4.93. The second kappa shape index (κ2) is 6.00. The number of aryl methyl sites for hydroxylation is 1. The molecule has 0 bridgehead atoms. The summed E-state index contributed by atoms with van der Waals surface area (Å²) in [6.45, 7) is 4.23. The zero-order valence-corrected chi connectivity index (χ0v) is 12.0. The van der Waals surface area contributed by atoms with E-state index in [2.05, 4.69) is 12.2 Å². The van der Waals surface area contributed by atoms with Crippen LogP contribution in [0, 0.1) is 0 Å². The molecule has 0 aromatic carbocycles. The molecule has 1 fully saturated rings. The minimum atomic E-state index is 0.611. The van der Waals surface area contributed by atoms with Crippen LogP contribution in [0.3, 0.4) is 0 Å². The predicted octanol–water partition coefficient (Wildman–Crippen LogP) is 3.12. The third-order valence-electron chi connectivity index (χ3n) is 4.60. The molecule has 19 heavy (non-hydrogen) atoms. The van der Waals surface area contributed by atoms with Gasteiger partial charge in [0.1, 0.15) is 5.82 Å². The van der Waals surface area contributed by atoms with Crippen molar-refractivity contribution >= 4 is 0 Å². The molecule has 3 rings (SSSR count). The van der Waals surface area contributed by atoms with Gasteiger partial charge in [-0.2, -0.15) is 0 Å². The molecule has 1 aliphatic heterocycles. The third-order valence-corrected chi connectivity index (χ3v) is 4.60. The van der Waals surface area contributed by atoms with E-state index in [4.69, 9.17) is 9.97 Å². The molecule has 1 N–H and O–H groups in total. The van der Waals surface area contributed by atoms with Crippen molar-refractivity contribution < 1.29 is 0 Å². The number of nitrogens with zero attached hydrogens (tertiary/aromatic N) is 2. The smallest absolute Gasteiger partial charge is 0.132 e. The number of fused-ring (bicyclic) bond motifs is 1. The van der Waals surface area contributed by atoms with Crippen LogP contribution >= 0.6 is 0 Å². The van der Waals surface area contributed by atoms with Crippen molar-refractivity contribution in [1.29, 1.82) is 0 Å². The van der Waals surface area contributed by atoms with Crippen molar-refractivity contribution in [3.63, 3.8) is 0 Å². The van der Waals surface area contributed by atoms with Crippen LogP contribution < -0.4 is 5.32 Å². The monoisotopic (exact) mass is 259 g/mol. The highest BCUT2D eigenvalue weighted by Crippen LogP contribution is 2.31. The van der Waals surface area contributed by atoms with E-state index in [1.54, 1.807) is 0 Å². The van der Waals surface area contributed by atoms with Crippen LogP contribution in [0.4, 0.5) is 0 Å². The molecule has 0 radical (unpaired) electrons. The number of hydrogen-bond donors (Lipinski definition) is 1. The molecule has 1 aromatic rings. The van der Waals surface area contributed by atoms with Crippen LogP contribution in [-0.2, 0) is 19.4 Å². The Labute approximate surface area is 116 Å². The van der Waals surface area contributed by atoms with Gasteiger partial charge in [-0.05, 0) is 37.8 Å². The molecule has 0 saturated heterocycles. The molecule has 0 spiro atoms. The van der Waals surface area contributed by atoms with Crippen LogP contribution in [0.2, 0.25) is 0 Å². The van der Waals surface area contributed by atoms with Crippen LogP contribution in [0.1, 0.15) is 74.1 Å². The zero-order chi connectivity index (χ0) is 13.1. The second-order valence-corrected chi connectivity index (χ2v) is 5.92. The average molecular weight is 259 g/mol. The molecule has 0 atom stereocenters. The molecule has 2 aliphatic rings. The highest BCUT2D eigenvalue weighted by Gasteiger charge is 2.22. The lowest BCUT2D eigenvalue weighted by atomic mass is 9.97. The average Bonchev–Trinajstić information content (AvgIpc) is 2.75. The Morgan fingerprint density at radius 3 is 2.63 bits per heavy atom. The molecule has 1 saturated carbocycles. The van der Waals surface area contributed by atoms with E-state index in [0.29, 0.717) is 5.92 Å². The SMILES string of the molecule is CCc1nc(C2CCCCCC2)nc2c1CCNC2. The lowest BCUT2D eigenvalue weighted by molar-refractivity contribution is 0.539.